The summed E-state index contributed by atoms with van der Waals surface area (Å²) in [4.78, 5) is 37.5. The van der Waals surface area contributed by atoms with E-state index in [1.807, 2.05) is 0 Å². The van der Waals surface area contributed by atoms with Crippen molar-refractivity contribution in [1.29, 1.82) is 0 Å². The van der Waals surface area contributed by atoms with E-state index in [9.17, 15) is 18.8 Å². The molecule has 27 heavy (non-hydrogen) atoms. The first-order valence-electron chi connectivity index (χ1n) is 8.84. The Hall–Kier alpha value is -2.64. The highest BCUT2D eigenvalue weighted by molar-refractivity contribution is 5.92. The van der Waals surface area contributed by atoms with Crippen LogP contribution in [0.25, 0.3) is 0 Å². The van der Waals surface area contributed by atoms with Crippen molar-refractivity contribution in [3.63, 3.8) is 0 Å². The first kappa shape index (κ1) is 20.7. The molecular formula is C19H25FN2O5. The van der Waals surface area contributed by atoms with Crippen LogP contribution in [0.3, 0.4) is 0 Å². The molecule has 148 valence electrons. The van der Waals surface area contributed by atoms with Gasteiger partial charge in [-0.1, -0.05) is 0 Å². The molecule has 1 saturated heterocycles. The van der Waals surface area contributed by atoms with Crippen LogP contribution in [-0.2, 0) is 19.1 Å². The summed E-state index contributed by atoms with van der Waals surface area (Å²) in [5.41, 5.74) is -0.145. The number of ether oxygens (including phenoxy) is 2. The maximum Gasteiger partial charge on any atom is 0.410 e. The van der Waals surface area contributed by atoms with Gasteiger partial charge in [0.05, 0.1) is 5.92 Å². The number of nitrogens with one attached hydrogen (secondary N) is 1. The number of esters is 1. The van der Waals surface area contributed by atoms with Crippen LogP contribution in [0.15, 0.2) is 24.3 Å². The second-order valence-electron chi connectivity index (χ2n) is 7.40. The minimum atomic E-state index is -0.565. The van der Waals surface area contributed by atoms with E-state index in [4.69, 9.17) is 9.47 Å². The number of halogens is 1. The Morgan fingerprint density at radius 2 is 1.74 bits per heavy atom. The van der Waals surface area contributed by atoms with Crippen LogP contribution in [-0.4, -0.2) is 48.2 Å². The van der Waals surface area contributed by atoms with Gasteiger partial charge in [0.1, 0.15) is 11.4 Å². The summed E-state index contributed by atoms with van der Waals surface area (Å²) >= 11 is 0. The quantitative estimate of drug-likeness (QED) is 0.812. The third-order valence-electron chi connectivity index (χ3n) is 3.95. The molecule has 1 aromatic carbocycles. The van der Waals surface area contributed by atoms with Crippen molar-refractivity contribution in [1.82, 2.24) is 4.90 Å². The van der Waals surface area contributed by atoms with Crippen molar-refractivity contribution in [2.75, 3.05) is 25.0 Å². The maximum absolute atomic E-state index is 12.8. The van der Waals surface area contributed by atoms with Crippen LogP contribution in [0.5, 0.6) is 0 Å². The number of hydrogen-bond donors (Lipinski definition) is 1. The van der Waals surface area contributed by atoms with E-state index in [0.717, 1.165) is 0 Å². The minimum Gasteiger partial charge on any atom is -0.455 e. The number of anilines is 1. The lowest BCUT2D eigenvalue weighted by molar-refractivity contribution is -0.153. The van der Waals surface area contributed by atoms with Gasteiger partial charge in [-0.15, -0.1) is 0 Å². The summed E-state index contributed by atoms with van der Waals surface area (Å²) in [5.74, 6) is -1.73. The Bertz CT molecular complexity index is 676. The van der Waals surface area contributed by atoms with Crippen molar-refractivity contribution < 1.29 is 28.2 Å². The molecule has 7 nitrogen and oxygen atoms in total. The maximum atomic E-state index is 12.8. The molecule has 8 heteroatoms. The predicted octanol–water partition coefficient (Wildman–Crippen LogP) is 2.95. The van der Waals surface area contributed by atoms with E-state index in [1.165, 1.54) is 24.3 Å². The highest BCUT2D eigenvalue weighted by Crippen LogP contribution is 2.21. The molecule has 1 heterocycles. The van der Waals surface area contributed by atoms with Crippen molar-refractivity contribution in [3.8, 4) is 0 Å². The van der Waals surface area contributed by atoms with Crippen molar-refractivity contribution in [3.05, 3.63) is 30.1 Å². The lowest BCUT2D eigenvalue weighted by atomic mass is 9.97. The fraction of sp³-hybridized carbons (Fsp3) is 0.526. The monoisotopic (exact) mass is 380 g/mol. The number of carbonyl (C=O) groups is 3. The average Bonchev–Trinajstić information content (AvgIpc) is 2.60. The zero-order valence-electron chi connectivity index (χ0n) is 15.8. The fourth-order valence-corrected chi connectivity index (χ4v) is 2.61. The smallest absolute Gasteiger partial charge is 0.410 e. The van der Waals surface area contributed by atoms with E-state index in [1.54, 1.807) is 25.7 Å². The molecule has 1 fully saturated rings. The van der Waals surface area contributed by atoms with Gasteiger partial charge in [0.2, 0.25) is 0 Å². The van der Waals surface area contributed by atoms with Crippen molar-refractivity contribution >= 4 is 23.7 Å². The summed E-state index contributed by atoms with van der Waals surface area (Å²) in [6, 6.07) is 5.28. The summed E-state index contributed by atoms with van der Waals surface area (Å²) in [6.07, 6.45) is 0.517. The number of rotatable bonds is 4. The molecule has 0 bridgehead atoms. The van der Waals surface area contributed by atoms with Crippen LogP contribution >= 0.6 is 0 Å². The zero-order chi connectivity index (χ0) is 20.0. The summed E-state index contributed by atoms with van der Waals surface area (Å²) in [5, 5.41) is 2.52. The van der Waals surface area contributed by atoms with E-state index < -0.39 is 36.0 Å². The van der Waals surface area contributed by atoms with E-state index >= 15 is 0 Å². The molecule has 2 amide bonds. The summed E-state index contributed by atoms with van der Waals surface area (Å²) in [7, 11) is 0. The number of piperidine rings is 1. The number of likely N-dealkylation sites (tertiary alicyclic amines) is 1. The van der Waals surface area contributed by atoms with E-state index in [0.29, 0.717) is 31.6 Å². The largest absolute Gasteiger partial charge is 0.455 e. The SMILES string of the molecule is CC(C)(C)OC(=O)N1CCC(C(=O)OCC(=O)Nc2ccc(F)cc2)CC1. The van der Waals surface area contributed by atoms with Gasteiger partial charge in [-0.2, -0.15) is 0 Å². The Balaban J connectivity index is 1.72. The van der Waals surface area contributed by atoms with Gasteiger partial charge in [-0.3, -0.25) is 9.59 Å². The van der Waals surface area contributed by atoms with Gasteiger partial charge in [-0.05, 0) is 57.9 Å². The Morgan fingerprint density at radius 1 is 1.15 bits per heavy atom. The second-order valence-corrected chi connectivity index (χ2v) is 7.40. The second kappa shape index (κ2) is 8.83. The molecule has 0 atom stereocenters. The van der Waals surface area contributed by atoms with Crippen LogP contribution in [0, 0.1) is 11.7 Å². The van der Waals surface area contributed by atoms with Crippen molar-refractivity contribution in [2.45, 2.75) is 39.2 Å². The lowest BCUT2D eigenvalue weighted by Crippen LogP contribution is -2.43. The summed E-state index contributed by atoms with van der Waals surface area (Å²) in [6.45, 7) is 5.78. The molecule has 2 rings (SSSR count). The number of carbonyl (C=O) groups excluding carboxylic acids is 3. The number of amides is 2. The molecule has 0 radical (unpaired) electrons. The molecule has 0 unspecified atom stereocenters. The topological polar surface area (TPSA) is 84.9 Å². The van der Waals surface area contributed by atoms with Gasteiger partial charge in [0.15, 0.2) is 6.61 Å². The van der Waals surface area contributed by atoms with Gasteiger partial charge in [-0.25, -0.2) is 9.18 Å². The number of benzene rings is 1. The standard InChI is InChI=1S/C19H25FN2O5/c1-19(2,3)27-18(25)22-10-8-13(9-11-22)17(24)26-12-16(23)21-15-6-4-14(20)5-7-15/h4-7,13H,8-12H2,1-3H3,(H,21,23). The Kier molecular flexibility index (Phi) is 6.76. The molecule has 0 aliphatic carbocycles. The van der Waals surface area contributed by atoms with Gasteiger partial charge < -0.3 is 19.7 Å². The highest BCUT2D eigenvalue weighted by Gasteiger charge is 2.30. The molecule has 0 aromatic heterocycles. The normalized spacial score (nSPS) is 15.2. The third-order valence-corrected chi connectivity index (χ3v) is 3.95. The van der Waals surface area contributed by atoms with Gasteiger partial charge >= 0.3 is 12.1 Å². The average molecular weight is 380 g/mol. The number of nitrogens with zero attached hydrogens (tertiary/aromatic N) is 1. The molecule has 1 aliphatic heterocycles. The van der Waals surface area contributed by atoms with Crippen LogP contribution in [0.2, 0.25) is 0 Å². The third kappa shape index (κ3) is 6.88. The fourth-order valence-electron chi connectivity index (χ4n) is 2.61. The molecular weight excluding hydrogens is 355 g/mol. The van der Waals surface area contributed by atoms with Gasteiger partial charge in [0.25, 0.3) is 5.91 Å². The molecule has 0 saturated carbocycles. The van der Waals surface area contributed by atoms with Crippen LogP contribution < -0.4 is 5.32 Å². The molecule has 1 N–H and O–H groups in total. The Labute approximate surface area is 157 Å². The van der Waals surface area contributed by atoms with E-state index in [2.05, 4.69) is 5.32 Å². The van der Waals surface area contributed by atoms with Crippen LogP contribution in [0.1, 0.15) is 33.6 Å². The molecule has 1 aromatic rings. The zero-order valence-corrected chi connectivity index (χ0v) is 15.8. The molecule has 1 aliphatic rings. The van der Waals surface area contributed by atoms with E-state index in [-0.39, 0.29) is 5.92 Å². The first-order chi connectivity index (χ1) is 12.6. The van der Waals surface area contributed by atoms with Crippen molar-refractivity contribution in [2.24, 2.45) is 5.92 Å². The van der Waals surface area contributed by atoms with Gasteiger partial charge in [0, 0.05) is 18.8 Å². The highest BCUT2D eigenvalue weighted by atomic mass is 19.1. The molecule has 0 spiro atoms. The predicted molar refractivity (Wildman–Crippen MR) is 96.5 cm³/mol. The number of hydrogen-bond acceptors (Lipinski definition) is 5. The van der Waals surface area contributed by atoms with Crippen LogP contribution in [0.4, 0.5) is 14.9 Å². The Morgan fingerprint density at radius 3 is 2.30 bits per heavy atom. The lowest BCUT2D eigenvalue weighted by Gasteiger charge is -2.32. The minimum absolute atomic E-state index is 0.359. The summed E-state index contributed by atoms with van der Waals surface area (Å²) < 4.78 is 23.2. The first-order valence-corrected chi connectivity index (χ1v) is 8.84.